The summed E-state index contributed by atoms with van der Waals surface area (Å²) in [5, 5.41) is 13.7. The molecule has 3 rings (SSSR count). The zero-order chi connectivity index (χ0) is 19.2. The summed E-state index contributed by atoms with van der Waals surface area (Å²) in [7, 11) is 0. The van der Waals surface area contributed by atoms with E-state index in [0.29, 0.717) is 6.54 Å². The van der Waals surface area contributed by atoms with Crippen LogP contribution in [0.4, 0.5) is 5.69 Å². The van der Waals surface area contributed by atoms with E-state index in [9.17, 15) is 14.9 Å². The number of nitrogens with one attached hydrogen (secondary N) is 1. The SMILES string of the molecule is O=C(NCc1ccccc1CN1CCCCC1)c1ccc([N+](=O)[O-])cc1Cl. The van der Waals surface area contributed by atoms with Gasteiger partial charge in [-0.1, -0.05) is 42.3 Å². The number of halogens is 1. The average molecular weight is 388 g/mol. The molecular weight excluding hydrogens is 366 g/mol. The van der Waals surface area contributed by atoms with Crippen molar-refractivity contribution in [2.45, 2.75) is 32.4 Å². The van der Waals surface area contributed by atoms with Crippen LogP contribution in [0.3, 0.4) is 0 Å². The second kappa shape index (κ2) is 8.97. The van der Waals surface area contributed by atoms with Gasteiger partial charge in [-0.3, -0.25) is 19.8 Å². The van der Waals surface area contributed by atoms with E-state index in [-0.39, 0.29) is 22.2 Å². The Kier molecular flexibility index (Phi) is 6.42. The summed E-state index contributed by atoms with van der Waals surface area (Å²) < 4.78 is 0. The van der Waals surface area contributed by atoms with Gasteiger partial charge in [0.1, 0.15) is 0 Å². The number of carbonyl (C=O) groups excluding carboxylic acids is 1. The summed E-state index contributed by atoms with van der Waals surface area (Å²) in [6.45, 7) is 3.48. The molecule has 0 spiro atoms. The maximum Gasteiger partial charge on any atom is 0.270 e. The Bertz CT molecular complexity index is 835. The molecule has 1 saturated heterocycles. The predicted octanol–water partition coefficient (Wildman–Crippen LogP) is 4.16. The van der Waals surface area contributed by atoms with Gasteiger partial charge in [0.25, 0.3) is 11.6 Å². The molecular formula is C20H22ClN3O3. The maximum absolute atomic E-state index is 12.4. The van der Waals surface area contributed by atoms with Gasteiger partial charge in [-0.2, -0.15) is 0 Å². The fourth-order valence-electron chi connectivity index (χ4n) is 3.32. The Balaban J connectivity index is 1.66. The van der Waals surface area contributed by atoms with E-state index in [1.165, 1.54) is 43.0 Å². The highest BCUT2D eigenvalue weighted by Gasteiger charge is 2.16. The molecule has 0 aromatic heterocycles. The molecule has 1 amide bonds. The molecule has 0 atom stereocenters. The van der Waals surface area contributed by atoms with Gasteiger partial charge in [0.15, 0.2) is 0 Å². The van der Waals surface area contributed by atoms with Gasteiger partial charge >= 0.3 is 0 Å². The lowest BCUT2D eigenvalue weighted by Gasteiger charge is -2.27. The number of hydrogen-bond acceptors (Lipinski definition) is 4. The first kappa shape index (κ1) is 19.3. The normalized spacial score (nSPS) is 14.7. The minimum Gasteiger partial charge on any atom is -0.348 e. The van der Waals surface area contributed by atoms with Crippen LogP contribution in [0.5, 0.6) is 0 Å². The molecule has 1 fully saturated rings. The van der Waals surface area contributed by atoms with Gasteiger partial charge in [-0.15, -0.1) is 0 Å². The van der Waals surface area contributed by atoms with Crippen LogP contribution in [0.15, 0.2) is 42.5 Å². The van der Waals surface area contributed by atoms with E-state index in [0.717, 1.165) is 25.2 Å². The number of nitro benzene ring substituents is 1. The topological polar surface area (TPSA) is 75.5 Å². The molecule has 2 aromatic carbocycles. The molecule has 2 aromatic rings. The summed E-state index contributed by atoms with van der Waals surface area (Å²) in [6, 6.07) is 11.9. The summed E-state index contributed by atoms with van der Waals surface area (Å²) in [6.07, 6.45) is 3.76. The molecule has 0 aliphatic carbocycles. The van der Waals surface area contributed by atoms with Gasteiger partial charge in [0.05, 0.1) is 15.5 Å². The predicted molar refractivity (Wildman–Crippen MR) is 105 cm³/mol. The third-order valence-electron chi connectivity index (χ3n) is 4.81. The van der Waals surface area contributed by atoms with E-state index < -0.39 is 4.92 Å². The molecule has 1 heterocycles. The van der Waals surface area contributed by atoms with Crippen LogP contribution < -0.4 is 5.32 Å². The number of likely N-dealkylation sites (tertiary alicyclic amines) is 1. The zero-order valence-electron chi connectivity index (χ0n) is 15.0. The highest BCUT2D eigenvalue weighted by Crippen LogP contribution is 2.23. The van der Waals surface area contributed by atoms with Crippen molar-refractivity contribution in [1.29, 1.82) is 0 Å². The van der Waals surface area contributed by atoms with Gasteiger partial charge < -0.3 is 5.32 Å². The lowest BCUT2D eigenvalue weighted by molar-refractivity contribution is -0.384. The Morgan fingerprint density at radius 2 is 1.81 bits per heavy atom. The summed E-state index contributed by atoms with van der Waals surface area (Å²) in [4.78, 5) is 25.1. The van der Waals surface area contributed by atoms with Crippen molar-refractivity contribution in [3.05, 3.63) is 74.3 Å². The molecule has 0 bridgehead atoms. The lowest BCUT2D eigenvalue weighted by Crippen LogP contribution is -2.30. The number of rotatable bonds is 6. The lowest BCUT2D eigenvalue weighted by atomic mass is 10.0. The summed E-state index contributed by atoms with van der Waals surface area (Å²) in [5.41, 5.74) is 2.36. The van der Waals surface area contributed by atoms with Crippen molar-refractivity contribution >= 4 is 23.2 Å². The average Bonchev–Trinajstić information content (AvgIpc) is 2.67. The van der Waals surface area contributed by atoms with E-state index in [1.807, 2.05) is 18.2 Å². The Hall–Kier alpha value is -2.44. The fourth-order valence-corrected chi connectivity index (χ4v) is 3.58. The van der Waals surface area contributed by atoms with E-state index in [2.05, 4.69) is 16.3 Å². The maximum atomic E-state index is 12.4. The number of hydrogen-bond donors (Lipinski definition) is 1. The number of non-ortho nitro benzene ring substituents is 1. The van der Waals surface area contributed by atoms with Crippen LogP contribution in [-0.2, 0) is 13.1 Å². The standard InChI is InChI=1S/C20H22ClN3O3/c21-19-12-17(24(26)27)8-9-18(19)20(25)22-13-15-6-2-3-7-16(15)14-23-10-4-1-5-11-23/h2-3,6-9,12H,1,4-5,10-11,13-14H2,(H,22,25). The van der Waals surface area contributed by atoms with Crippen LogP contribution in [0.25, 0.3) is 0 Å². The zero-order valence-corrected chi connectivity index (χ0v) is 15.7. The quantitative estimate of drug-likeness (QED) is 0.596. The van der Waals surface area contributed by atoms with Crippen LogP contribution in [0, 0.1) is 10.1 Å². The first-order valence-corrected chi connectivity index (χ1v) is 9.43. The van der Waals surface area contributed by atoms with Crippen LogP contribution in [0.2, 0.25) is 5.02 Å². The first-order valence-electron chi connectivity index (χ1n) is 9.06. The van der Waals surface area contributed by atoms with Crippen molar-refractivity contribution in [2.75, 3.05) is 13.1 Å². The number of nitrogens with zero attached hydrogens (tertiary/aromatic N) is 2. The largest absolute Gasteiger partial charge is 0.348 e. The molecule has 1 aliphatic rings. The minimum atomic E-state index is -0.537. The van der Waals surface area contributed by atoms with E-state index in [4.69, 9.17) is 11.6 Å². The van der Waals surface area contributed by atoms with Gasteiger partial charge in [-0.25, -0.2) is 0 Å². The fraction of sp³-hybridized carbons (Fsp3) is 0.350. The highest BCUT2D eigenvalue weighted by atomic mass is 35.5. The van der Waals surface area contributed by atoms with Crippen LogP contribution >= 0.6 is 11.6 Å². The molecule has 27 heavy (non-hydrogen) atoms. The minimum absolute atomic E-state index is 0.0725. The van der Waals surface area contributed by atoms with Crippen molar-refractivity contribution in [3.8, 4) is 0 Å². The van der Waals surface area contributed by atoms with Gasteiger partial charge in [-0.05, 0) is 43.1 Å². The van der Waals surface area contributed by atoms with E-state index in [1.54, 1.807) is 0 Å². The van der Waals surface area contributed by atoms with Crippen LogP contribution in [0.1, 0.15) is 40.7 Å². The third kappa shape index (κ3) is 5.05. The highest BCUT2D eigenvalue weighted by molar-refractivity contribution is 6.34. The van der Waals surface area contributed by atoms with Crippen LogP contribution in [-0.4, -0.2) is 28.8 Å². The van der Waals surface area contributed by atoms with Crippen molar-refractivity contribution in [1.82, 2.24) is 10.2 Å². The summed E-state index contributed by atoms with van der Waals surface area (Å²) >= 11 is 6.04. The van der Waals surface area contributed by atoms with Gasteiger partial charge in [0.2, 0.25) is 0 Å². The molecule has 7 heteroatoms. The van der Waals surface area contributed by atoms with Crippen molar-refractivity contribution in [3.63, 3.8) is 0 Å². The number of benzene rings is 2. The smallest absolute Gasteiger partial charge is 0.270 e. The van der Waals surface area contributed by atoms with Crippen molar-refractivity contribution < 1.29 is 9.72 Å². The Labute approximate surface area is 163 Å². The number of nitro groups is 1. The first-order chi connectivity index (χ1) is 13.0. The molecule has 0 unspecified atom stereocenters. The van der Waals surface area contributed by atoms with Crippen molar-refractivity contribution in [2.24, 2.45) is 0 Å². The molecule has 1 aliphatic heterocycles. The summed E-state index contributed by atoms with van der Waals surface area (Å²) in [5.74, 6) is -0.345. The number of carbonyl (C=O) groups is 1. The third-order valence-corrected chi connectivity index (χ3v) is 5.12. The molecule has 142 valence electrons. The van der Waals surface area contributed by atoms with E-state index >= 15 is 0 Å². The Morgan fingerprint density at radius 1 is 1.11 bits per heavy atom. The molecule has 0 radical (unpaired) electrons. The van der Waals surface area contributed by atoms with Gasteiger partial charge in [0, 0.05) is 25.2 Å². The number of amides is 1. The monoisotopic (exact) mass is 387 g/mol. The molecule has 6 nitrogen and oxygen atoms in total. The molecule has 0 saturated carbocycles. The Morgan fingerprint density at radius 3 is 2.48 bits per heavy atom. The second-order valence-electron chi connectivity index (χ2n) is 6.71. The second-order valence-corrected chi connectivity index (χ2v) is 7.12. The number of piperidine rings is 1. The molecule has 1 N–H and O–H groups in total.